The first-order chi connectivity index (χ1) is 32.3. The van der Waals surface area contributed by atoms with Crippen molar-refractivity contribution in [3.8, 4) is 5.75 Å². The zero-order chi connectivity index (χ0) is 49.6. The highest BCUT2D eigenvalue weighted by Crippen LogP contribution is 2.40. The van der Waals surface area contributed by atoms with E-state index in [1.165, 1.54) is 19.1 Å². The average molecular weight is 949 g/mol. The van der Waals surface area contributed by atoms with E-state index in [0.717, 1.165) is 23.1 Å². The molecule has 0 spiro atoms. The number of allylic oxidation sites excluding steroid dienone is 3. The van der Waals surface area contributed by atoms with Crippen LogP contribution in [-0.4, -0.2) is 137 Å². The van der Waals surface area contributed by atoms with Gasteiger partial charge in [-0.2, -0.15) is 0 Å². The summed E-state index contributed by atoms with van der Waals surface area (Å²) in [5, 5.41) is 36.8. The number of carbonyl (C=O) groups excluding carboxylic acids is 4. The third-order valence-electron chi connectivity index (χ3n) is 15.3. The molecule has 3 fully saturated rings. The van der Waals surface area contributed by atoms with E-state index in [0.29, 0.717) is 36.8 Å². The molecule has 1 amide bonds. The number of aromatic nitrogens is 1. The van der Waals surface area contributed by atoms with E-state index in [4.69, 9.17) is 28.4 Å². The maximum absolute atomic E-state index is 14.6. The van der Waals surface area contributed by atoms with Crippen LogP contribution in [0.25, 0.3) is 10.9 Å². The molecule has 68 heavy (non-hydrogen) atoms. The molecule has 3 N–H and O–H groups in total. The van der Waals surface area contributed by atoms with Crippen molar-refractivity contribution in [3.63, 3.8) is 0 Å². The SMILES string of the molecule is C=CCC1/C=C(\C)C(O)C(C)CC(OC)C2OC(O)(C(=O)C(=O)N3CCCCC3C(=O)OC(C(C)=CC3CCC(Oc4ccc5c(ccn5C)c4)C(OC)C3)C(C)C(O)CC1=O)C(C)CC2OC. The number of ether oxygens (including phenoxy) is 6. The fourth-order valence-corrected chi connectivity index (χ4v) is 11.0. The second kappa shape index (κ2) is 23.1. The number of ketones is 2. The van der Waals surface area contributed by atoms with Gasteiger partial charge >= 0.3 is 5.97 Å². The molecule has 6 rings (SSSR count). The van der Waals surface area contributed by atoms with Gasteiger partial charge < -0.3 is 53.2 Å². The van der Waals surface area contributed by atoms with Gasteiger partial charge in [0.1, 0.15) is 35.9 Å². The number of nitrogens with zero attached hydrogens (tertiary/aromatic N) is 2. The van der Waals surface area contributed by atoms with Gasteiger partial charge in [-0.25, -0.2) is 4.79 Å². The van der Waals surface area contributed by atoms with E-state index >= 15 is 0 Å². The third kappa shape index (κ3) is 11.7. The van der Waals surface area contributed by atoms with Crippen molar-refractivity contribution in [1.29, 1.82) is 0 Å². The Hall–Kier alpha value is -4.22. The summed E-state index contributed by atoms with van der Waals surface area (Å²) in [5.74, 6) is -8.08. The molecule has 2 bridgehead atoms. The van der Waals surface area contributed by atoms with Crippen molar-refractivity contribution in [2.75, 3.05) is 27.9 Å². The quantitative estimate of drug-likeness (QED) is 0.147. The van der Waals surface area contributed by atoms with E-state index in [1.807, 2.05) is 57.4 Å². The van der Waals surface area contributed by atoms with Crippen LogP contribution in [0.1, 0.15) is 98.8 Å². The van der Waals surface area contributed by atoms with E-state index in [-0.39, 0.29) is 62.6 Å². The summed E-state index contributed by atoms with van der Waals surface area (Å²) in [6.45, 7) is 12.6. The van der Waals surface area contributed by atoms with Gasteiger partial charge in [-0.3, -0.25) is 14.4 Å². The molecule has 4 heterocycles. The first kappa shape index (κ1) is 53.1. The van der Waals surface area contributed by atoms with Crippen LogP contribution in [0.15, 0.2) is 66.4 Å². The van der Waals surface area contributed by atoms with Crippen LogP contribution in [-0.2, 0) is 49.9 Å². The fourth-order valence-electron chi connectivity index (χ4n) is 11.0. The zero-order valence-corrected chi connectivity index (χ0v) is 41.5. The topological polar surface area (TPSA) is 193 Å². The van der Waals surface area contributed by atoms with Crippen LogP contribution < -0.4 is 4.74 Å². The molecule has 1 aromatic carbocycles. The molecule has 1 aliphatic carbocycles. The standard InChI is InChI=1S/C53H76N2O13/c1-11-14-37-24-30(2)47(58)31(3)25-45(64-9)49-46(65-10)26-33(5)53(62,68-49)50(59)51(60)55-21-13-12-15-40(55)52(61)67-48(34(6)41(56)29-42(37)57)32(4)23-35-16-19-43(44(27-35)63-8)66-38-17-18-39-36(28-38)20-22-54(39)7/h11,17-18,20,22-24,28,31,33-35,37,40-41,43-49,56,58,62H,1,12-16,19,21,25-27,29H2,2-10H3/b30-24+,32-23?. The van der Waals surface area contributed by atoms with Crippen LogP contribution in [0.3, 0.4) is 0 Å². The highest BCUT2D eigenvalue weighted by molar-refractivity contribution is 6.39. The number of aryl methyl sites for hydroxylation is 1. The van der Waals surface area contributed by atoms with Gasteiger partial charge in [0.25, 0.3) is 11.7 Å². The lowest BCUT2D eigenvalue weighted by atomic mass is 9.81. The Labute approximate surface area is 401 Å². The van der Waals surface area contributed by atoms with Gasteiger partial charge in [0.05, 0.1) is 30.5 Å². The molecule has 15 atom stereocenters. The summed E-state index contributed by atoms with van der Waals surface area (Å²) in [6.07, 6.45) is 4.70. The second-order valence-corrected chi connectivity index (χ2v) is 20.0. The number of amides is 1. The molecule has 15 heteroatoms. The number of hydrogen-bond donors (Lipinski definition) is 3. The van der Waals surface area contributed by atoms with E-state index < -0.39 is 89.8 Å². The maximum Gasteiger partial charge on any atom is 0.329 e. The van der Waals surface area contributed by atoms with Gasteiger partial charge in [-0.1, -0.05) is 39.0 Å². The summed E-state index contributed by atoms with van der Waals surface area (Å²) in [7, 11) is 6.61. The number of piperidine rings is 1. The van der Waals surface area contributed by atoms with E-state index in [9.17, 15) is 34.5 Å². The smallest absolute Gasteiger partial charge is 0.329 e. The van der Waals surface area contributed by atoms with Gasteiger partial charge in [-0.05, 0) is 119 Å². The summed E-state index contributed by atoms with van der Waals surface area (Å²) < 4.78 is 38.9. The lowest BCUT2D eigenvalue weighted by Gasteiger charge is -2.47. The maximum atomic E-state index is 14.6. The van der Waals surface area contributed by atoms with Crippen molar-refractivity contribution in [1.82, 2.24) is 9.47 Å². The summed E-state index contributed by atoms with van der Waals surface area (Å²) in [5.41, 5.74) is 2.27. The lowest BCUT2D eigenvalue weighted by Crippen LogP contribution is -2.64. The number of methoxy groups -OCH3 is 3. The van der Waals surface area contributed by atoms with Crippen LogP contribution in [0.5, 0.6) is 5.75 Å². The number of cyclic esters (lactones) is 1. The number of rotatable bonds is 9. The number of aliphatic hydroxyl groups is 3. The Bertz CT molecular complexity index is 2170. The minimum absolute atomic E-state index is 0.0204. The first-order valence-corrected chi connectivity index (χ1v) is 24.5. The van der Waals surface area contributed by atoms with Crippen LogP contribution in [0.4, 0.5) is 0 Å². The van der Waals surface area contributed by atoms with Crippen molar-refractivity contribution in [2.45, 2.75) is 159 Å². The second-order valence-electron chi connectivity index (χ2n) is 20.0. The highest BCUT2D eigenvalue weighted by atomic mass is 16.7. The fraction of sp³-hybridized carbons (Fsp3) is 0.660. The molecule has 15 unspecified atom stereocenters. The normalized spacial score (nSPS) is 37.4. The molecule has 4 aliphatic rings. The molecule has 1 aromatic heterocycles. The van der Waals surface area contributed by atoms with Crippen molar-refractivity contribution in [3.05, 3.63) is 66.4 Å². The van der Waals surface area contributed by atoms with Crippen molar-refractivity contribution < 1.29 is 62.9 Å². The predicted molar refractivity (Wildman–Crippen MR) is 255 cm³/mol. The molecule has 2 aromatic rings. The molecule has 3 aliphatic heterocycles. The van der Waals surface area contributed by atoms with Crippen LogP contribution >= 0.6 is 0 Å². The average Bonchev–Trinajstić information content (AvgIpc) is 3.70. The first-order valence-electron chi connectivity index (χ1n) is 24.5. The van der Waals surface area contributed by atoms with Crippen LogP contribution in [0.2, 0.25) is 0 Å². The number of benzene rings is 1. The Kier molecular flexibility index (Phi) is 18.1. The van der Waals surface area contributed by atoms with Gasteiger partial charge in [-0.15, -0.1) is 6.58 Å². The number of fused-ring (bicyclic) bond motifs is 4. The number of hydrogen-bond acceptors (Lipinski definition) is 13. The minimum atomic E-state index is -2.59. The summed E-state index contributed by atoms with van der Waals surface area (Å²) in [4.78, 5) is 58.7. The van der Waals surface area contributed by atoms with Crippen molar-refractivity contribution in [2.24, 2.45) is 36.6 Å². The largest absolute Gasteiger partial charge is 0.488 e. The molecule has 0 radical (unpaired) electrons. The number of Topliss-reactive ketones (excluding diaryl/α,β-unsaturated/α-hetero) is 2. The highest BCUT2D eigenvalue weighted by Gasteiger charge is 2.57. The minimum Gasteiger partial charge on any atom is -0.488 e. The van der Waals surface area contributed by atoms with Gasteiger partial charge in [0.2, 0.25) is 5.79 Å². The number of aliphatic hydroxyl groups excluding tert-OH is 2. The summed E-state index contributed by atoms with van der Waals surface area (Å²) >= 11 is 0. The Morgan fingerprint density at radius 2 is 1.63 bits per heavy atom. The number of esters is 1. The molecular weight excluding hydrogens is 873 g/mol. The molecule has 15 nitrogen and oxygen atoms in total. The van der Waals surface area contributed by atoms with Gasteiger partial charge in [0, 0.05) is 76.2 Å². The third-order valence-corrected chi connectivity index (χ3v) is 15.3. The molecule has 2 saturated heterocycles. The molecular formula is C53H76N2O13. The monoisotopic (exact) mass is 949 g/mol. The van der Waals surface area contributed by atoms with E-state index in [1.54, 1.807) is 40.0 Å². The Morgan fingerprint density at radius 3 is 2.32 bits per heavy atom. The summed E-state index contributed by atoms with van der Waals surface area (Å²) in [6, 6.07) is 6.90. The van der Waals surface area contributed by atoms with E-state index in [2.05, 4.69) is 11.1 Å². The zero-order valence-electron chi connectivity index (χ0n) is 41.5. The van der Waals surface area contributed by atoms with Crippen LogP contribution in [0, 0.1) is 29.6 Å². The Balaban J connectivity index is 1.33. The number of carbonyl (C=O) groups is 4. The predicted octanol–water partition coefficient (Wildman–Crippen LogP) is 6.19. The molecule has 1 saturated carbocycles. The van der Waals surface area contributed by atoms with Crippen molar-refractivity contribution >= 4 is 34.3 Å². The lowest BCUT2D eigenvalue weighted by molar-refractivity contribution is -0.302. The van der Waals surface area contributed by atoms with Gasteiger partial charge in [0.15, 0.2) is 0 Å². The molecule has 376 valence electrons. The Morgan fingerprint density at radius 1 is 0.926 bits per heavy atom.